The number of nitrogens with one attached hydrogen (secondary N) is 1. The topological polar surface area (TPSA) is 121 Å². The van der Waals surface area contributed by atoms with Gasteiger partial charge in [-0.2, -0.15) is 0 Å². The van der Waals surface area contributed by atoms with E-state index in [1.165, 1.54) is 12.4 Å². The molecule has 0 aliphatic carbocycles. The first-order valence-corrected chi connectivity index (χ1v) is 11.7. The molecule has 190 valence electrons. The number of benzene rings is 1. The summed E-state index contributed by atoms with van der Waals surface area (Å²) in [6.45, 7) is 5.22. The van der Waals surface area contributed by atoms with Crippen molar-refractivity contribution in [2.75, 3.05) is 19.0 Å². The number of aliphatic hydroxyl groups is 1. The van der Waals surface area contributed by atoms with Crippen LogP contribution in [0.4, 0.5) is 5.69 Å². The molecule has 2 amide bonds. The molecule has 1 aromatic heterocycles. The third-order valence-electron chi connectivity index (χ3n) is 5.49. The van der Waals surface area contributed by atoms with Crippen LogP contribution in [0.15, 0.2) is 53.2 Å². The predicted octanol–water partition coefficient (Wildman–Crippen LogP) is 2.31. The van der Waals surface area contributed by atoms with Crippen molar-refractivity contribution in [2.24, 2.45) is 10.7 Å². The second-order valence-corrected chi connectivity index (χ2v) is 9.00. The molecule has 1 aliphatic heterocycles. The maximum Gasteiger partial charge on any atom is 0.243 e. The van der Waals surface area contributed by atoms with Crippen LogP contribution in [-0.2, 0) is 22.4 Å². The monoisotopic (exact) mass is 489 g/mol. The number of aliphatic imine (C=N–C) groups is 1. The Morgan fingerprint density at radius 2 is 2.11 bits per heavy atom. The van der Waals surface area contributed by atoms with Crippen LogP contribution in [0.1, 0.15) is 42.8 Å². The van der Waals surface area contributed by atoms with Crippen LogP contribution in [0.3, 0.4) is 0 Å². The fourth-order valence-electron chi connectivity index (χ4n) is 3.61. The quantitative estimate of drug-likeness (QED) is 0.337. The van der Waals surface area contributed by atoms with Gasteiger partial charge in [0.25, 0.3) is 0 Å². The van der Waals surface area contributed by atoms with Crippen molar-refractivity contribution in [1.82, 2.24) is 10.3 Å². The van der Waals surface area contributed by atoms with Crippen molar-refractivity contribution in [2.45, 2.75) is 51.7 Å². The van der Waals surface area contributed by atoms with Gasteiger partial charge in [-0.3, -0.25) is 14.6 Å². The number of fused-ring (bicyclic) bond motifs is 1. The SMILES string of the molecule is CNC1CCc2ccc(C#CC(C)(C)O)cc2N(C)C1=O.Cc1cccc(C/C(C=NC=O)=C/N)n1. The normalized spacial score (nSPS) is 15.8. The van der Waals surface area contributed by atoms with Crippen molar-refractivity contribution in [3.63, 3.8) is 0 Å². The molecule has 4 N–H and O–H groups in total. The number of pyridine rings is 1. The molecule has 2 heterocycles. The number of carbonyl (C=O) groups excluding carboxylic acids is 2. The average molecular weight is 490 g/mol. The van der Waals surface area contributed by atoms with Crippen LogP contribution in [0.2, 0.25) is 0 Å². The molecule has 2 aromatic rings. The van der Waals surface area contributed by atoms with E-state index < -0.39 is 5.60 Å². The molecule has 0 fully saturated rings. The first-order chi connectivity index (χ1) is 17.1. The van der Waals surface area contributed by atoms with Crippen LogP contribution in [0.5, 0.6) is 0 Å². The zero-order valence-corrected chi connectivity index (χ0v) is 21.6. The number of anilines is 1. The summed E-state index contributed by atoms with van der Waals surface area (Å²) in [5, 5.41) is 12.7. The molecule has 0 bridgehead atoms. The Kier molecular flexibility index (Phi) is 10.5. The van der Waals surface area contributed by atoms with Crippen molar-refractivity contribution in [1.29, 1.82) is 0 Å². The lowest BCUT2D eigenvalue weighted by Crippen LogP contribution is -2.42. The van der Waals surface area contributed by atoms with Gasteiger partial charge in [-0.05, 0) is 82.3 Å². The highest BCUT2D eigenvalue weighted by Crippen LogP contribution is 2.27. The molecule has 0 spiro atoms. The summed E-state index contributed by atoms with van der Waals surface area (Å²) in [4.78, 5) is 31.9. The van der Waals surface area contributed by atoms with E-state index in [1.807, 2.05) is 50.4 Å². The molecule has 1 aliphatic rings. The maximum atomic E-state index is 12.4. The molecular weight excluding hydrogens is 454 g/mol. The Labute approximate surface area is 213 Å². The second-order valence-electron chi connectivity index (χ2n) is 9.00. The smallest absolute Gasteiger partial charge is 0.243 e. The molecular formula is C28H35N5O3. The van der Waals surface area contributed by atoms with Crippen molar-refractivity contribution in [3.05, 3.63) is 70.7 Å². The zero-order valence-electron chi connectivity index (χ0n) is 21.6. The lowest BCUT2D eigenvalue weighted by atomic mass is 10.0. The van der Waals surface area contributed by atoms with Crippen molar-refractivity contribution < 1.29 is 14.7 Å². The minimum absolute atomic E-state index is 0.0730. The van der Waals surface area contributed by atoms with Gasteiger partial charge in [0.05, 0.1) is 6.04 Å². The third-order valence-corrected chi connectivity index (χ3v) is 5.49. The number of aryl methyl sites for hydroxylation is 2. The molecule has 8 nitrogen and oxygen atoms in total. The van der Waals surface area contributed by atoms with Crippen LogP contribution < -0.4 is 16.0 Å². The van der Waals surface area contributed by atoms with Gasteiger partial charge in [-0.15, -0.1) is 0 Å². The largest absolute Gasteiger partial charge is 0.404 e. The average Bonchev–Trinajstić information content (AvgIpc) is 2.96. The molecule has 1 aromatic carbocycles. The van der Waals surface area contributed by atoms with Crippen LogP contribution in [-0.4, -0.2) is 54.4 Å². The minimum Gasteiger partial charge on any atom is -0.404 e. The summed E-state index contributed by atoms with van der Waals surface area (Å²) in [6, 6.07) is 11.5. The van der Waals surface area contributed by atoms with Gasteiger partial charge in [-0.1, -0.05) is 24.0 Å². The zero-order chi connectivity index (χ0) is 26.7. The van der Waals surface area contributed by atoms with Crippen LogP contribution in [0.25, 0.3) is 0 Å². The van der Waals surface area contributed by atoms with Gasteiger partial charge < -0.3 is 21.1 Å². The Morgan fingerprint density at radius 3 is 2.72 bits per heavy atom. The number of rotatable bonds is 5. The second kappa shape index (κ2) is 13.3. The lowest BCUT2D eigenvalue weighted by Gasteiger charge is -2.21. The summed E-state index contributed by atoms with van der Waals surface area (Å²) in [6.07, 6.45) is 5.58. The molecule has 0 saturated carbocycles. The Hall–Kier alpha value is -3.80. The van der Waals surface area contributed by atoms with E-state index in [0.29, 0.717) is 12.8 Å². The first kappa shape index (κ1) is 28.4. The Balaban J connectivity index is 0.000000269. The van der Waals surface area contributed by atoms with E-state index in [2.05, 4.69) is 27.1 Å². The molecule has 1 atom stereocenters. The van der Waals surface area contributed by atoms with E-state index in [4.69, 9.17) is 5.73 Å². The molecule has 36 heavy (non-hydrogen) atoms. The van der Waals surface area contributed by atoms with Gasteiger partial charge in [-0.25, -0.2) is 4.99 Å². The summed E-state index contributed by atoms with van der Waals surface area (Å²) >= 11 is 0. The summed E-state index contributed by atoms with van der Waals surface area (Å²) in [7, 11) is 3.61. The van der Waals surface area contributed by atoms with Crippen LogP contribution in [0, 0.1) is 18.8 Å². The number of carbonyl (C=O) groups is 2. The van der Waals surface area contributed by atoms with Crippen LogP contribution >= 0.6 is 0 Å². The van der Waals surface area contributed by atoms with Gasteiger partial charge in [0, 0.05) is 42.3 Å². The molecule has 3 rings (SSSR count). The Bertz CT molecular complexity index is 1190. The van der Waals surface area contributed by atoms with Gasteiger partial charge >= 0.3 is 0 Å². The predicted molar refractivity (Wildman–Crippen MR) is 144 cm³/mol. The van der Waals surface area contributed by atoms with Gasteiger partial charge in [0.2, 0.25) is 12.3 Å². The number of hydrogen-bond donors (Lipinski definition) is 3. The number of hydrogen-bond acceptors (Lipinski definition) is 6. The highest BCUT2D eigenvalue weighted by molar-refractivity contribution is 5.98. The number of nitrogens with zero attached hydrogens (tertiary/aromatic N) is 3. The minimum atomic E-state index is -1.02. The number of nitrogens with two attached hydrogens (primary N) is 1. The number of allylic oxidation sites excluding steroid dienone is 1. The van der Waals surface area contributed by atoms with E-state index in [9.17, 15) is 14.7 Å². The lowest BCUT2D eigenvalue weighted by molar-refractivity contribution is -0.120. The molecule has 1 unspecified atom stereocenters. The number of aromatic nitrogens is 1. The van der Waals surface area contributed by atoms with E-state index in [-0.39, 0.29) is 11.9 Å². The standard InChI is InChI=1S/C17H22N2O2.C11H13N3O/c1-17(2,21)10-9-12-5-6-13-7-8-14(18-3)16(20)19(4)15(13)11-12;1-9-3-2-4-11(14-9)5-10(6-12)7-13-8-15/h5-6,11,14,18,21H,7-8H2,1-4H3;2-4,6-8H,5,12H2,1H3/b;10-6-,13-7?. The highest BCUT2D eigenvalue weighted by Gasteiger charge is 2.26. The number of amides is 2. The van der Waals surface area contributed by atoms with E-state index in [0.717, 1.165) is 46.6 Å². The highest BCUT2D eigenvalue weighted by atomic mass is 16.3. The maximum absolute atomic E-state index is 12.4. The number of likely N-dealkylation sites (N-methyl/N-ethyl adjacent to an activating group) is 2. The van der Waals surface area contributed by atoms with Crippen molar-refractivity contribution in [3.8, 4) is 11.8 Å². The first-order valence-electron chi connectivity index (χ1n) is 11.7. The molecule has 8 heteroatoms. The molecule has 0 radical (unpaired) electrons. The van der Waals surface area contributed by atoms with Gasteiger partial charge in [0.15, 0.2) is 0 Å². The Morgan fingerprint density at radius 1 is 1.36 bits per heavy atom. The summed E-state index contributed by atoms with van der Waals surface area (Å²) in [5.41, 5.74) is 9.86. The summed E-state index contributed by atoms with van der Waals surface area (Å²) < 4.78 is 0. The fraction of sp³-hybridized carbons (Fsp3) is 0.357. The van der Waals surface area contributed by atoms with E-state index >= 15 is 0 Å². The fourth-order valence-corrected chi connectivity index (χ4v) is 3.61. The van der Waals surface area contributed by atoms with Gasteiger partial charge in [0.1, 0.15) is 5.60 Å². The summed E-state index contributed by atoms with van der Waals surface area (Å²) in [5.74, 6) is 5.83. The third kappa shape index (κ3) is 8.77. The van der Waals surface area contributed by atoms with E-state index in [1.54, 1.807) is 25.8 Å². The molecule has 0 saturated heterocycles. The van der Waals surface area contributed by atoms with Crippen molar-refractivity contribution >= 4 is 24.2 Å².